The summed E-state index contributed by atoms with van der Waals surface area (Å²) in [7, 11) is 0. The molecule has 0 aromatic rings. The van der Waals surface area contributed by atoms with E-state index in [0.29, 0.717) is 6.61 Å². The zero-order chi connectivity index (χ0) is 15.9. The minimum Gasteiger partial charge on any atom is -0.465 e. The second-order valence-electron chi connectivity index (χ2n) is 5.90. The van der Waals surface area contributed by atoms with Crippen LogP contribution in [0.1, 0.15) is 60.3 Å². The molecule has 0 fully saturated rings. The number of hydrogen-bond acceptors (Lipinski definition) is 2. The average Bonchev–Trinajstić information content (AvgIpc) is 2.46. The lowest BCUT2D eigenvalue weighted by Gasteiger charge is -2.18. The Kier molecular flexibility index (Phi) is 6.53. The van der Waals surface area contributed by atoms with Crippen LogP contribution in [0.5, 0.6) is 0 Å². The zero-order valence-electron chi connectivity index (χ0n) is 13.9. The van der Waals surface area contributed by atoms with E-state index < -0.39 is 5.41 Å². The number of ether oxygens (including phenoxy) is 1. The van der Waals surface area contributed by atoms with Gasteiger partial charge in [0, 0.05) is 5.57 Å². The molecule has 0 aromatic carbocycles. The Morgan fingerprint density at radius 3 is 2.62 bits per heavy atom. The highest BCUT2D eigenvalue weighted by Gasteiger charge is 2.26. The minimum atomic E-state index is -0.650. The monoisotopic (exact) mass is 286 g/mol. The van der Waals surface area contributed by atoms with Crippen LogP contribution in [0.15, 0.2) is 28.5 Å². The second-order valence-corrected chi connectivity index (χ2v) is 5.90. The van der Waals surface area contributed by atoms with Gasteiger partial charge in [-0.3, -0.25) is 4.79 Å². The minimum absolute atomic E-state index is 0.212. The van der Waals surface area contributed by atoms with Crippen LogP contribution < -0.4 is 0 Å². The van der Waals surface area contributed by atoms with Crippen molar-refractivity contribution in [1.29, 1.82) is 0 Å². The van der Waals surface area contributed by atoms with Crippen LogP contribution in [-0.2, 0) is 9.53 Å². The van der Waals surface area contributed by atoms with Gasteiger partial charge in [0.15, 0.2) is 0 Å². The van der Waals surface area contributed by atoms with Crippen molar-refractivity contribution >= 4 is 5.97 Å². The summed E-state index contributed by atoms with van der Waals surface area (Å²) in [6, 6.07) is 0. The second kappa shape index (κ2) is 7.91. The summed E-state index contributed by atoms with van der Waals surface area (Å²) >= 11 is 0. The lowest BCUT2D eigenvalue weighted by atomic mass is 9.87. The smallest absolute Gasteiger partial charge is 0.315 e. The highest BCUT2D eigenvalue weighted by atomic mass is 16.5. The van der Waals surface area contributed by atoms with E-state index in [2.05, 4.69) is 24.5 Å². The summed E-state index contributed by atoms with van der Waals surface area (Å²) in [5.74, 6) is 6.00. The van der Waals surface area contributed by atoms with E-state index in [1.54, 1.807) is 0 Å². The SMILES string of the molecule is CC#CC1=C(C(C)=C=CC(C)(C)C(=O)OCC)CCCC1. The molecule has 1 aliphatic carbocycles. The molecule has 1 aliphatic rings. The molecule has 0 radical (unpaired) electrons. The number of carbonyl (C=O) groups is 1. The predicted octanol–water partition coefficient (Wildman–Crippen LogP) is 4.57. The Balaban J connectivity index is 3.09. The van der Waals surface area contributed by atoms with Crippen molar-refractivity contribution in [3.8, 4) is 11.8 Å². The van der Waals surface area contributed by atoms with Gasteiger partial charge < -0.3 is 4.74 Å². The molecule has 0 heterocycles. The molecule has 2 nitrogen and oxygen atoms in total. The van der Waals surface area contributed by atoms with Crippen molar-refractivity contribution in [2.45, 2.75) is 60.3 Å². The maximum atomic E-state index is 11.9. The lowest BCUT2D eigenvalue weighted by molar-refractivity contribution is -0.150. The van der Waals surface area contributed by atoms with Gasteiger partial charge in [-0.05, 0) is 77.5 Å². The number of hydrogen-bond donors (Lipinski definition) is 0. The molecule has 0 saturated carbocycles. The van der Waals surface area contributed by atoms with Crippen molar-refractivity contribution in [3.63, 3.8) is 0 Å². The highest BCUT2D eigenvalue weighted by Crippen LogP contribution is 2.29. The van der Waals surface area contributed by atoms with Crippen LogP contribution in [0, 0.1) is 17.3 Å². The molecule has 0 saturated heterocycles. The Labute approximate surface area is 129 Å². The zero-order valence-corrected chi connectivity index (χ0v) is 13.9. The summed E-state index contributed by atoms with van der Waals surface area (Å²) in [6.07, 6.45) is 6.33. The molecule has 0 spiro atoms. The van der Waals surface area contributed by atoms with Crippen molar-refractivity contribution in [1.82, 2.24) is 0 Å². The standard InChI is InChI=1S/C19H26O2/c1-6-10-16-11-8-9-12-17(16)15(3)13-14-19(4,5)18(20)21-7-2/h14H,7-9,11-12H2,1-5H3. The topological polar surface area (TPSA) is 26.3 Å². The van der Waals surface area contributed by atoms with Gasteiger partial charge >= 0.3 is 5.97 Å². The molecule has 0 aromatic heterocycles. The first-order valence-corrected chi connectivity index (χ1v) is 7.69. The molecule has 2 heteroatoms. The van der Waals surface area contributed by atoms with Gasteiger partial charge in [-0.2, -0.15) is 0 Å². The van der Waals surface area contributed by atoms with Gasteiger partial charge in [-0.1, -0.05) is 5.92 Å². The fraction of sp³-hybridized carbons (Fsp3) is 0.579. The molecular weight excluding hydrogens is 260 g/mol. The molecule has 0 N–H and O–H groups in total. The van der Waals surface area contributed by atoms with Crippen LogP contribution in [0.4, 0.5) is 0 Å². The summed E-state index contributed by atoms with van der Waals surface area (Å²) in [5, 5.41) is 0. The maximum absolute atomic E-state index is 11.9. The molecule has 0 aliphatic heterocycles. The van der Waals surface area contributed by atoms with E-state index in [0.717, 1.165) is 18.4 Å². The Hall–Kier alpha value is -1.71. The van der Waals surface area contributed by atoms with Gasteiger partial charge in [0.1, 0.15) is 0 Å². The summed E-state index contributed by atoms with van der Waals surface area (Å²) in [5.41, 5.74) is 6.25. The third kappa shape index (κ3) is 4.96. The summed E-state index contributed by atoms with van der Waals surface area (Å²) in [6.45, 7) is 9.86. The largest absolute Gasteiger partial charge is 0.465 e. The maximum Gasteiger partial charge on any atom is 0.315 e. The van der Waals surface area contributed by atoms with E-state index in [-0.39, 0.29) is 5.97 Å². The fourth-order valence-electron chi connectivity index (χ4n) is 2.36. The highest BCUT2D eigenvalue weighted by molar-refractivity contribution is 5.78. The first-order valence-electron chi connectivity index (χ1n) is 7.69. The lowest BCUT2D eigenvalue weighted by Crippen LogP contribution is -2.24. The number of esters is 1. The van der Waals surface area contributed by atoms with E-state index in [1.165, 1.54) is 24.0 Å². The molecule has 1 rings (SSSR count). The summed E-state index contributed by atoms with van der Waals surface area (Å²) in [4.78, 5) is 11.9. The number of carbonyl (C=O) groups excluding carboxylic acids is 1. The molecule has 114 valence electrons. The first kappa shape index (κ1) is 17.3. The van der Waals surface area contributed by atoms with Gasteiger partial charge in [-0.25, -0.2) is 0 Å². The Bertz CT molecular complexity index is 544. The van der Waals surface area contributed by atoms with Crippen LogP contribution in [-0.4, -0.2) is 12.6 Å². The van der Waals surface area contributed by atoms with Crippen LogP contribution in [0.25, 0.3) is 0 Å². The third-order valence-electron chi connectivity index (χ3n) is 3.65. The Morgan fingerprint density at radius 2 is 2.00 bits per heavy atom. The quantitative estimate of drug-likeness (QED) is 0.430. The number of rotatable bonds is 4. The average molecular weight is 286 g/mol. The van der Waals surface area contributed by atoms with Crippen LogP contribution in [0.2, 0.25) is 0 Å². The third-order valence-corrected chi connectivity index (χ3v) is 3.65. The van der Waals surface area contributed by atoms with Gasteiger partial charge in [0.2, 0.25) is 0 Å². The van der Waals surface area contributed by atoms with E-state index in [9.17, 15) is 4.79 Å². The van der Waals surface area contributed by atoms with Crippen molar-refractivity contribution < 1.29 is 9.53 Å². The van der Waals surface area contributed by atoms with Crippen molar-refractivity contribution in [2.75, 3.05) is 6.61 Å². The van der Waals surface area contributed by atoms with Crippen molar-refractivity contribution in [3.05, 3.63) is 28.5 Å². The molecule has 0 amide bonds. The molecular formula is C19H26O2. The van der Waals surface area contributed by atoms with Gasteiger partial charge in [0.05, 0.1) is 12.0 Å². The Morgan fingerprint density at radius 1 is 1.33 bits per heavy atom. The van der Waals surface area contributed by atoms with Crippen LogP contribution in [0.3, 0.4) is 0 Å². The summed E-state index contributed by atoms with van der Waals surface area (Å²) < 4.78 is 5.09. The predicted molar refractivity (Wildman–Crippen MR) is 86.6 cm³/mol. The fourth-order valence-corrected chi connectivity index (χ4v) is 2.36. The van der Waals surface area contributed by atoms with Gasteiger partial charge in [0.25, 0.3) is 0 Å². The number of allylic oxidation sites excluding steroid dienone is 2. The van der Waals surface area contributed by atoms with Crippen molar-refractivity contribution in [2.24, 2.45) is 5.41 Å². The molecule has 0 unspecified atom stereocenters. The molecule has 0 bridgehead atoms. The first-order chi connectivity index (χ1) is 9.92. The van der Waals surface area contributed by atoms with E-state index >= 15 is 0 Å². The molecule has 21 heavy (non-hydrogen) atoms. The van der Waals surface area contributed by atoms with E-state index in [4.69, 9.17) is 4.74 Å². The van der Waals surface area contributed by atoms with E-state index in [1.807, 2.05) is 33.8 Å². The molecule has 0 atom stereocenters. The van der Waals surface area contributed by atoms with Gasteiger partial charge in [-0.15, -0.1) is 11.7 Å². The van der Waals surface area contributed by atoms with Crippen LogP contribution >= 0.6 is 0 Å². The normalized spacial score (nSPS) is 14.7.